The maximum Gasteiger partial charge on any atom is 0.335 e. The van der Waals surface area contributed by atoms with Gasteiger partial charge in [0.05, 0.1) is 21.5 Å². The van der Waals surface area contributed by atoms with Crippen molar-refractivity contribution in [3.8, 4) is 11.4 Å². The van der Waals surface area contributed by atoms with E-state index < -0.39 is 10.9 Å². The Morgan fingerprint density at radius 1 is 1.24 bits per heavy atom. The molecule has 0 unspecified atom stereocenters. The molecule has 0 radical (unpaired) electrons. The summed E-state index contributed by atoms with van der Waals surface area (Å²) in [6, 6.07) is 10.6. The molecule has 0 saturated heterocycles. The molecule has 2 aromatic carbocycles. The van der Waals surface area contributed by atoms with Crippen LogP contribution in [0.4, 0.5) is 5.69 Å². The number of aromatic nitrogens is 2. The van der Waals surface area contributed by atoms with Gasteiger partial charge < -0.3 is 10.1 Å². The minimum absolute atomic E-state index is 0.0306. The molecule has 3 rings (SSSR count). The number of aromatic carboxylic acids is 1. The fourth-order valence-corrected chi connectivity index (χ4v) is 2.05. The lowest BCUT2D eigenvalue weighted by Gasteiger charge is -1.98. The van der Waals surface area contributed by atoms with Gasteiger partial charge in [0.15, 0.2) is 0 Å². The summed E-state index contributed by atoms with van der Waals surface area (Å²) in [6.07, 6.45) is 0. The summed E-state index contributed by atoms with van der Waals surface area (Å²) in [4.78, 5) is 28.5. The summed E-state index contributed by atoms with van der Waals surface area (Å²) in [5.41, 5.74) is 1.83. The van der Waals surface area contributed by atoms with Crippen molar-refractivity contribution in [2.45, 2.75) is 0 Å². The van der Waals surface area contributed by atoms with Gasteiger partial charge in [0, 0.05) is 17.7 Å². The molecule has 1 heterocycles. The van der Waals surface area contributed by atoms with Crippen LogP contribution in [0.25, 0.3) is 22.4 Å². The number of benzene rings is 2. The molecule has 21 heavy (non-hydrogen) atoms. The SMILES string of the molecule is O=C(O)c1cccc(-c2nc3ccc([N+](=O)[O-])cc3[nH]2)c1. The average molecular weight is 283 g/mol. The Bertz CT molecular complexity index is 870. The van der Waals surface area contributed by atoms with Gasteiger partial charge in [0.25, 0.3) is 5.69 Å². The zero-order valence-electron chi connectivity index (χ0n) is 10.6. The van der Waals surface area contributed by atoms with Crippen LogP contribution in [0.3, 0.4) is 0 Å². The van der Waals surface area contributed by atoms with E-state index in [1.165, 1.54) is 24.3 Å². The van der Waals surface area contributed by atoms with Gasteiger partial charge in [-0.05, 0) is 18.2 Å². The van der Waals surface area contributed by atoms with Crippen LogP contribution in [-0.4, -0.2) is 26.0 Å². The number of carboxylic acids is 1. The normalized spacial score (nSPS) is 10.7. The van der Waals surface area contributed by atoms with E-state index in [0.29, 0.717) is 22.4 Å². The van der Waals surface area contributed by atoms with Gasteiger partial charge in [0.2, 0.25) is 0 Å². The van der Waals surface area contributed by atoms with Crippen LogP contribution in [0.15, 0.2) is 42.5 Å². The van der Waals surface area contributed by atoms with Crippen LogP contribution in [0.5, 0.6) is 0 Å². The smallest absolute Gasteiger partial charge is 0.335 e. The lowest BCUT2D eigenvalue weighted by Crippen LogP contribution is -1.95. The van der Waals surface area contributed by atoms with E-state index in [0.717, 1.165) is 0 Å². The van der Waals surface area contributed by atoms with Gasteiger partial charge in [-0.3, -0.25) is 10.1 Å². The number of aromatic amines is 1. The van der Waals surface area contributed by atoms with Crippen LogP contribution < -0.4 is 0 Å². The first-order chi connectivity index (χ1) is 10.0. The number of carbonyl (C=O) groups is 1. The summed E-state index contributed by atoms with van der Waals surface area (Å²) in [5, 5.41) is 19.7. The number of carboxylic acid groups (broad SMARTS) is 1. The minimum Gasteiger partial charge on any atom is -0.478 e. The number of rotatable bonds is 3. The van der Waals surface area contributed by atoms with E-state index in [-0.39, 0.29) is 11.3 Å². The number of nitro benzene ring substituents is 1. The van der Waals surface area contributed by atoms with E-state index >= 15 is 0 Å². The molecule has 2 N–H and O–H groups in total. The van der Waals surface area contributed by atoms with Gasteiger partial charge in [-0.1, -0.05) is 12.1 Å². The lowest BCUT2D eigenvalue weighted by atomic mass is 10.1. The molecule has 0 amide bonds. The number of imidazole rings is 1. The van der Waals surface area contributed by atoms with E-state index in [1.807, 2.05) is 0 Å². The van der Waals surface area contributed by atoms with E-state index in [2.05, 4.69) is 9.97 Å². The minimum atomic E-state index is -1.02. The van der Waals surface area contributed by atoms with Crippen molar-refractivity contribution in [2.24, 2.45) is 0 Å². The summed E-state index contributed by atoms with van der Waals surface area (Å²) in [6.45, 7) is 0. The predicted octanol–water partition coefficient (Wildman–Crippen LogP) is 2.84. The van der Waals surface area contributed by atoms with Gasteiger partial charge in [-0.25, -0.2) is 9.78 Å². The highest BCUT2D eigenvalue weighted by molar-refractivity contribution is 5.89. The Balaban J connectivity index is 2.10. The summed E-state index contributed by atoms with van der Waals surface area (Å²) >= 11 is 0. The van der Waals surface area contributed by atoms with Crippen molar-refractivity contribution < 1.29 is 14.8 Å². The Morgan fingerprint density at radius 3 is 2.76 bits per heavy atom. The summed E-state index contributed by atoms with van der Waals surface area (Å²) in [7, 11) is 0. The first-order valence-electron chi connectivity index (χ1n) is 6.02. The maximum absolute atomic E-state index is 11.0. The van der Waals surface area contributed by atoms with Crippen LogP contribution in [-0.2, 0) is 0 Å². The Kier molecular flexibility index (Phi) is 2.87. The first-order valence-corrected chi connectivity index (χ1v) is 6.02. The zero-order chi connectivity index (χ0) is 15.0. The van der Waals surface area contributed by atoms with Crippen LogP contribution in [0, 0.1) is 10.1 Å². The third-order valence-electron chi connectivity index (χ3n) is 3.06. The number of nitro groups is 1. The van der Waals surface area contributed by atoms with Crippen molar-refractivity contribution >= 4 is 22.7 Å². The highest BCUT2D eigenvalue weighted by Gasteiger charge is 2.11. The highest BCUT2D eigenvalue weighted by Crippen LogP contribution is 2.24. The zero-order valence-corrected chi connectivity index (χ0v) is 10.6. The Labute approximate surface area is 118 Å². The third kappa shape index (κ3) is 2.32. The third-order valence-corrected chi connectivity index (χ3v) is 3.06. The molecule has 0 atom stereocenters. The standard InChI is InChI=1S/C14H9N3O4/c18-14(19)9-3-1-2-8(6-9)13-15-11-5-4-10(17(20)21)7-12(11)16-13/h1-7H,(H,15,16)(H,18,19). The molecular weight excluding hydrogens is 274 g/mol. The average Bonchev–Trinajstić information content (AvgIpc) is 2.90. The fourth-order valence-electron chi connectivity index (χ4n) is 2.05. The monoisotopic (exact) mass is 283 g/mol. The number of nitrogens with one attached hydrogen (secondary N) is 1. The number of fused-ring (bicyclic) bond motifs is 1. The molecule has 7 nitrogen and oxygen atoms in total. The number of hydrogen-bond donors (Lipinski definition) is 2. The first kappa shape index (κ1) is 12.8. The molecular formula is C14H9N3O4. The molecule has 0 bridgehead atoms. The second-order valence-corrected chi connectivity index (χ2v) is 4.43. The molecule has 7 heteroatoms. The largest absolute Gasteiger partial charge is 0.478 e. The topological polar surface area (TPSA) is 109 Å². The van der Waals surface area contributed by atoms with Crippen LogP contribution in [0.2, 0.25) is 0 Å². The number of nitrogens with zero attached hydrogens (tertiary/aromatic N) is 2. The summed E-state index contributed by atoms with van der Waals surface area (Å²) < 4.78 is 0. The van der Waals surface area contributed by atoms with E-state index in [1.54, 1.807) is 18.2 Å². The van der Waals surface area contributed by atoms with Crippen molar-refractivity contribution in [3.05, 3.63) is 58.1 Å². The second kappa shape index (κ2) is 4.71. The predicted molar refractivity (Wildman–Crippen MR) is 75.1 cm³/mol. The lowest BCUT2D eigenvalue weighted by molar-refractivity contribution is -0.384. The molecule has 104 valence electrons. The number of non-ortho nitro benzene ring substituents is 1. The maximum atomic E-state index is 11.0. The van der Waals surface area contributed by atoms with Crippen molar-refractivity contribution in [2.75, 3.05) is 0 Å². The number of hydrogen-bond acceptors (Lipinski definition) is 4. The van der Waals surface area contributed by atoms with Gasteiger partial charge >= 0.3 is 5.97 Å². The van der Waals surface area contributed by atoms with Crippen molar-refractivity contribution in [1.82, 2.24) is 9.97 Å². The Morgan fingerprint density at radius 2 is 2.05 bits per heavy atom. The van der Waals surface area contributed by atoms with Crippen molar-refractivity contribution in [1.29, 1.82) is 0 Å². The van der Waals surface area contributed by atoms with Crippen LogP contribution in [0.1, 0.15) is 10.4 Å². The fraction of sp³-hybridized carbons (Fsp3) is 0. The van der Waals surface area contributed by atoms with Crippen LogP contribution >= 0.6 is 0 Å². The van der Waals surface area contributed by atoms with Gasteiger partial charge in [-0.15, -0.1) is 0 Å². The number of H-pyrrole nitrogens is 1. The molecule has 1 aromatic heterocycles. The summed E-state index contributed by atoms with van der Waals surface area (Å²) in [5.74, 6) is -0.558. The molecule has 0 spiro atoms. The molecule has 0 aliphatic rings. The van der Waals surface area contributed by atoms with E-state index in [9.17, 15) is 14.9 Å². The quantitative estimate of drug-likeness (QED) is 0.567. The molecule has 3 aromatic rings. The molecule has 0 saturated carbocycles. The van der Waals surface area contributed by atoms with Crippen molar-refractivity contribution in [3.63, 3.8) is 0 Å². The Hall–Kier alpha value is -3.22. The molecule has 0 aliphatic heterocycles. The highest BCUT2D eigenvalue weighted by atomic mass is 16.6. The second-order valence-electron chi connectivity index (χ2n) is 4.43. The molecule has 0 fully saturated rings. The van der Waals surface area contributed by atoms with Gasteiger partial charge in [-0.2, -0.15) is 0 Å². The van der Waals surface area contributed by atoms with E-state index in [4.69, 9.17) is 5.11 Å². The molecule has 0 aliphatic carbocycles. The van der Waals surface area contributed by atoms with Gasteiger partial charge in [0.1, 0.15) is 5.82 Å².